The fourth-order valence-corrected chi connectivity index (χ4v) is 2.29. The van der Waals surface area contributed by atoms with Gasteiger partial charge in [-0.1, -0.05) is 19.1 Å². The molecule has 114 valence electrons. The highest BCUT2D eigenvalue weighted by molar-refractivity contribution is 5.75. The fourth-order valence-electron chi connectivity index (χ4n) is 2.29. The molecule has 1 unspecified atom stereocenters. The first-order valence-corrected chi connectivity index (χ1v) is 6.95. The minimum atomic E-state index is -0.477. The number of nitro groups is 1. The summed E-state index contributed by atoms with van der Waals surface area (Å²) in [6.07, 6.45) is 1.22. The van der Waals surface area contributed by atoms with Crippen molar-refractivity contribution in [2.45, 2.75) is 26.3 Å². The van der Waals surface area contributed by atoms with Crippen LogP contribution in [0.5, 0.6) is 0 Å². The molecule has 1 heterocycles. The van der Waals surface area contributed by atoms with Gasteiger partial charge in [-0.25, -0.2) is 0 Å². The van der Waals surface area contributed by atoms with E-state index in [2.05, 4.69) is 0 Å². The lowest BCUT2D eigenvalue weighted by Crippen LogP contribution is -2.27. The van der Waals surface area contributed by atoms with Crippen molar-refractivity contribution in [2.24, 2.45) is 0 Å². The second kappa shape index (κ2) is 6.34. The van der Waals surface area contributed by atoms with E-state index in [1.165, 1.54) is 22.8 Å². The first-order chi connectivity index (χ1) is 10.5. The van der Waals surface area contributed by atoms with Crippen molar-refractivity contribution in [2.75, 3.05) is 0 Å². The first-order valence-electron chi connectivity index (χ1n) is 6.95. The first kappa shape index (κ1) is 15.6. The van der Waals surface area contributed by atoms with Crippen molar-refractivity contribution in [1.82, 2.24) is 4.57 Å². The average molecular weight is 300 g/mol. The number of rotatable bonds is 5. The molecule has 6 nitrogen and oxygen atoms in total. The molecule has 2 aromatic rings. The van der Waals surface area contributed by atoms with E-state index in [1.54, 1.807) is 18.2 Å². The van der Waals surface area contributed by atoms with Crippen LogP contribution in [0.1, 0.15) is 36.7 Å². The van der Waals surface area contributed by atoms with Crippen LogP contribution in [-0.2, 0) is 0 Å². The van der Waals surface area contributed by atoms with E-state index in [0.717, 1.165) is 0 Å². The van der Waals surface area contributed by atoms with E-state index in [4.69, 9.17) is 0 Å². The molecule has 0 aliphatic rings. The minimum absolute atomic E-state index is 0.0416. The monoisotopic (exact) mass is 300 g/mol. The second-order valence-corrected chi connectivity index (χ2v) is 5.03. The summed E-state index contributed by atoms with van der Waals surface area (Å²) < 4.78 is 1.52. The summed E-state index contributed by atoms with van der Waals surface area (Å²) in [5, 5.41) is 10.9. The summed E-state index contributed by atoms with van der Waals surface area (Å²) in [5.74, 6) is 0. The average Bonchev–Trinajstić information content (AvgIpc) is 2.53. The maximum absolute atomic E-state index is 12.4. The number of hydrogen-bond acceptors (Lipinski definition) is 4. The SMILES string of the molecule is CCC(C)n1c(-c2cccc([N+](=O)[O-])c2)ccc(C=O)c1=O. The molecule has 6 heteroatoms. The molecule has 1 aromatic heterocycles. The third kappa shape index (κ3) is 2.81. The number of hydrogen-bond donors (Lipinski definition) is 0. The van der Waals surface area contributed by atoms with Crippen LogP contribution >= 0.6 is 0 Å². The van der Waals surface area contributed by atoms with Gasteiger partial charge in [-0.05, 0) is 25.5 Å². The zero-order chi connectivity index (χ0) is 16.3. The molecule has 0 saturated heterocycles. The Hall–Kier alpha value is -2.76. The smallest absolute Gasteiger partial charge is 0.270 e. The van der Waals surface area contributed by atoms with E-state index >= 15 is 0 Å². The van der Waals surface area contributed by atoms with Gasteiger partial charge >= 0.3 is 0 Å². The number of aldehydes is 1. The predicted octanol–water partition coefficient (Wildman–Crippen LogP) is 3.21. The molecule has 0 amide bonds. The number of nitrogens with zero attached hydrogens (tertiary/aromatic N) is 2. The second-order valence-electron chi connectivity index (χ2n) is 5.03. The van der Waals surface area contributed by atoms with Gasteiger partial charge in [-0.3, -0.25) is 19.7 Å². The standard InChI is InChI=1S/C16H16N2O4/c1-3-11(2)17-15(8-7-13(10-19)16(17)20)12-5-4-6-14(9-12)18(21)22/h4-11H,3H2,1-2H3. The zero-order valence-electron chi connectivity index (χ0n) is 12.4. The predicted molar refractivity (Wildman–Crippen MR) is 83.2 cm³/mol. The number of nitro benzene ring substituents is 1. The highest BCUT2D eigenvalue weighted by Crippen LogP contribution is 2.25. The molecule has 0 N–H and O–H groups in total. The molecule has 1 atom stereocenters. The van der Waals surface area contributed by atoms with Crippen LogP contribution in [0.4, 0.5) is 5.69 Å². The Kier molecular flexibility index (Phi) is 4.50. The Labute approximate surface area is 127 Å². The van der Waals surface area contributed by atoms with Gasteiger partial charge in [0.05, 0.1) is 16.2 Å². The highest BCUT2D eigenvalue weighted by atomic mass is 16.6. The lowest BCUT2D eigenvalue weighted by atomic mass is 10.1. The third-order valence-electron chi connectivity index (χ3n) is 3.66. The third-order valence-corrected chi connectivity index (χ3v) is 3.66. The van der Waals surface area contributed by atoms with Crippen LogP contribution in [0.15, 0.2) is 41.2 Å². The van der Waals surface area contributed by atoms with Gasteiger partial charge in [0.1, 0.15) is 0 Å². The normalized spacial score (nSPS) is 11.9. The summed E-state index contributed by atoms with van der Waals surface area (Å²) in [7, 11) is 0. The van der Waals surface area contributed by atoms with Crippen LogP contribution in [0, 0.1) is 10.1 Å². The van der Waals surface area contributed by atoms with Gasteiger partial charge in [-0.2, -0.15) is 0 Å². The molecule has 0 aliphatic heterocycles. The van der Waals surface area contributed by atoms with Crippen LogP contribution in [-0.4, -0.2) is 15.8 Å². The Balaban J connectivity index is 2.72. The topological polar surface area (TPSA) is 82.2 Å². The van der Waals surface area contributed by atoms with Crippen molar-refractivity contribution in [1.29, 1.82) is 0 Å². The molecule has 0 bridgehead atoms. The Morgan fingerprint density at radius 3 is 2.64 bits per heavy atom. The number of benzene rings is 1. The number of carbonyl (C=O) groups is 1. The molecule has 0 aliphatic carbocycles. The van der Waals surface area contributed by atoms with Crippen LogP contribution in [0.3, 0.4) is 0 Å². The van der Waals surface area contributed by atoms with Crippen LogP contribution in [0.2, 0.25) is 0 Å². The van der Waals surface area contributed by atoms with Crippen molar-refractivity contribution < 1.29 is 9.72 Å². The molecule has 0 radical (unpaired) electrons. The lowest BCUT2D eigenvalue weighted by molar-refractivity contribution is -0.384. The summed E-state index contributed by atoms with van der Waals surface area (Å²) in [6, 6.07) is 9.08. The van der Waals surface area contributed by atoms with Gasteiger partial charge < -0.3 is 4.57 Å². The van der Waals surface area contributed by atoms with Crippen LogP contribution in [0.25, 0.3) is 11.3 Å². The fraction of sp³-hybridized carbons (Fsp3) is 0.250. The Morgan fingerprint density at radius 2 is 2.05 bits per heavy atom. The molecule has 2 rings (SSSR count). The van der Waals surface area contributed by atoms with Crippen molar-refractivity contribution >= 4 is 12.0 Å². The summed E-state index contributed by atoms with van der Waals surface area (Å²) in [4.78, 5) is 33.8. The van der Waals surface area contributed by atoms with E-state index in [-0.39, 0.29) is 22.9 Å². The van der Waals surface area contributed by atoms with E-state index < -0.39 is 4.92 Å². The summed E-state index contributed by atoms with van der Waals surface area (Å²) in [5.41, 5.74) is 0.792. The van der Waals surface area contributed by atoms with E-state index in [0.29, 0.717) is 24.0 Å². The quantitative estimate of drug-likeness (QED) is 0.482. The van der Waals surface area contributed by atoms with E-state index in [1.807, 2.05) is 13.8 Å². The maximum atomic E-state index is 12.4. The lowest BCUT2D eigenvalue weighted by Gasteiger charge is -2.19. The number of non-ortho nitro benzene ring substituents is 1. The zero-order valence-corrected chi connectivity index (χ0v) is 12.4. The molecule has 0 spiro atoms. The molecular weight excluding hydrogens is 284 g/mol. The minimum Gasteiger partial charge on any atom is -0.305 e. The van der Waals surface area contributed by atoms with Crippen molar-refractivity contribution in [3.05, 3.63) is 62.4 Å². The largest absolute Gasteiger partial charge is 0.305 e. The summed E-state index contributed by atoms with van der Waals surface area (Å²) >= 11 is 0. The van der Waals surface area contributed by atoms with Gasteiger partial charge in [0.15, 0.2) is 6.29 Å². The Morgan fingerprint density at radius 1 is 1.32 bits per heavy atom. The molecule has 0 saturated carbocycles. The molecule has 1 aromatic carbocycles. The number of carbonyl (C=O) groups excluding carboxylic acids is 1. The molecular formula is C16H16N2O4. The highest BCUT2D eigenvalue weighted by Gasteiger charge is 2.16. The summed E-state index contributed by atoms with van der Waals surface area (Å²) in [6.45, 7) is 3.80. The number of pyridine rings is 1. The van der Waals surface area contributed by atoms with Crippen LogP contribution < -0.4 is 5.56 Å². The van der Waals surface area contributed by atoms with Crippen molar-refractivity contribution in [3.8, 4) is 11.3 Å². The van der Waals surface area contributed by atoms with Gasteiger partial charge in [0.25, 0.3) is 11.2 Å². The molecule has 0 fully saturated rings. The van der Waals surface area contributed by atoms with Gasteiger partial charge in [0, 0.05) is 23.7 Å². The molecule has 22 heavy (non-hydrogen) atoms. The Bertz CT molecular complexity index is 780. The van der Waals surface area contributed by atoms with Crippen molar-refractivity contribution in [3.63, 3.8) is 0 Å². The number of aromatic nitrogens is 1. The maximum Gasteiger partial charge on any atom is 0.270 e. The van der Waals surface area contributed by atoms with Gasteiger partial charge in [0.2, 0.25) is 0 Å². The van der Waals surface area contributed by atoms with Gasteiger partial charge in [-0.15, -0.1) is 0 Å². The van der Waals surface area contributed by atoms with E-state index in [9.17, 15) is 19.7 Å².